The lowest BCUT2D eigenvalue weighted by Gasteiger charge is -2.30. The molecule has 0 radical (unpaired) electrons. The molecule has 0 aromatic heterocycles. The molecule has 0 heterocycles. The van der Waals surface area contributed by atoms with Crippen LogP contribution in [0.5, 0.6) is 0 Å². The maximum Gasteiger partial charge on any atom is 0.502 e. The zero-order chi connectivity index (χ0) is 14.2. The molecule has 18 heavy (non-hydrogen) atoms. The van der Waals surface area contributed by atoms with Gasteiger partial charge in [-0.3, -0.25) is 4.55 Å². The first-order valence-electron chi connectivity index (χ1n) is 5.93. The largest absolute Gasteiger partial charge is 0.502 e. The fraction of sp³-hybridized carbons (Fsp3) is 1.00. The molecule has 0 fully saturated rings. The third-order valence-electron chi connectivity index (χ3n) is 2.18. The van der Waals surface area contributed by atoms with E-state index in [4.69, 9.17) is 23.6 Å². The van der Waals surface area contributed by atoms with Gasteiger partial charge in [-0.1, -0.05) is 0 Å². The smallest absolute Gasteiger partial charge is 0.374 e. The van der Waals surface area contributed by atoms with Gasteiger partial charge in [0, 0.05) is 19.3 Å². The van der Waals surface area contributed by atoms with Gasteiger partial charge in [-0.15, -0.1) is 0 Å². The molecule has 7 nitrogen and oxygen atoms in total. The van der Waals surface area contributed by atoms with Gasteiger partial charge >= 0.3 is 8.80 Å². The van der Waals surface area contributed by atoms with Crippen LogP contribution in [-0.4, -0.2) is 47.0 Å². The molecule has 0 aliphatic carbocycles. The minimum Gasteiger partial charge on any atom is -0.374 e. The van der Waals surface area contributed by atoms with E-state index in [2.05, 4.69) is 0 Å². The second-order valence-electron chi connectivity index (χ2n) is 3.64. The summed E-state index contributed by atoms with van der Waals surface area (Å²) in [5.74, 6) is 0. The second kappa shape index (κ2) is 8.20. The van der Waals surface area contributed by atoms with Crippen LogP contribution >= 0.6 is 0 Å². The Morgan fingerprint density at radius 2 is 1.78 bits per heavy atom. The SMILES string of the molecule is CCO[Si](CCCN)(OCC)OC(C)S(=O)(=O)O. The highest BCUT2D eigenvalue weighted by Gasteiger charge is 2.43. The fourth-order valence-corrected chi connectivity index (χ4v) is 4.96. The molecule has 3 N–H and O–H groups in total. The van der Waals surface area contributed by atoms with Crippen molar-refractivity contribution in [3.63, 3.8) is 0 Å². The zero-order valence-corrected chi connectivity index (χ0v) is 12.9. The lowest BCUT2D eigenvalue weighted by molar-refractivity contribution is 0.0576. The van der Waals surface area contributed by atoms with Gasteiger partial charge in [0.25, 0.3) is 10.1 Å². The van der Waals surface area contributed by atoms with Crippen LogP contribution in [0, 0.1) is 0 Å². The van der Waals surface area contributed by atoms with Crippen LogP contribution in [0.1, 0.15) is 27.2 Å². The van der Waals surface area contributed by atoms with Crippen molar-refractivity contribution >= 4 is 18.9 Å². The lowest BCUT2D eigenvalue weighted by atomic mass is 10.5. The topological polar surface area (TPSA) is 108 Å². The van der Waals surface area contributed by atoms with Crippen LogP contribution in [0.2, 0.25) is 6.04 Å². The van der Waals surface area contributed by atoms with E-state index >= 15 is 0 Å². The molecule has 0 saturated carbocycles. The number of hydrogen-bond acceptors (Lipinski definition) is 6. The van der Waals surface area contributed by atoms with Gasteiger partial charge < -0.3 is 19.0 Å². The van der Waals surface area contributed by atoms with Gasteiger partial charge in [0.15, 0.2) is 5.44 Å². The molecule has 1 atom stereocenters. The van der Waals surface area contributed by atoms with E-state index in [-0.39, 0.29) is 0 Å². The summed E-state index contributed by atoms with van der Waals surface area (Å²) in [6.45, 7) is 5.90. The fourth-order valence-electron chi connectivity index (χ4n) is 1.39. The van der Waals surface area contributed by atoms with Gasteiger partial charge in [-0.2, -0.15) is 8.42 Å². The molecule has 1 unspecified atom stereocenters. The Morgan fingerprint density at radius 1 is 1.28 bits per heavy atom. The Hall–Kier alpha value is -0.0331. The highest BCUT2D eigenvalue weighted by Crippen LogP contribution is 2.21. The molecule has 0 saturated heterocycles. The monoisotopic (exact) mass is 301 g/mol. The highest BCUT2D eigenvalue weighted by molar-refractivity contribution is 7.86. The van der Waals surface area contributed by atoms with E-state index in [1.54, 1.807) is 13.8 Å². The van der Waals surface area contributed by atoms with E-state index in [1.165, 1.54) is 6.92 Å². The predicted octanol–water partition coefficient (Wildman–Crippen LogP) is 0.598. The minimum atomic E-state index is -4.28. The van der Waals surface area contributed by atoms with E-state index in [0.29, 0.717) is 32.2 Å². The molecule has 0 aliphatic heterocycles. The van der Waals surface area contributed by atoms with Crippen molar-refractivity contribution in [3.05, 3.63) is 0 Å². The second-order valence-corrected chi connectivity index (χ2v) is 8.01. The molecule has 0 rings (SSSR count). The van der Waals surface area contributed by atoms with E-state index in [1.807, 2.05) is 0 Å². The molecule has 0 bridgehead atoms. The van der Waals surface area contributed by atoms with Crippen molar-refractivity contribution in [2.75, 3.05) is 19.8 Å². The Kier molecular flexibility index (Phi) is 8.19. The molecule has 0 aromatic rings. The Balaban J connectivity index is 4.90. The number of nitrogens with two attached hydrogens (primary N) is 1. The normalized spacial score (nSPS) is 14.7. The summed E-state index contributed by atoms with van der Waals surface area (Å²) in [6, 6.07) is 0.422. The van der Waals surface area contributed by atoms with Crippen LogP contribution in [0.25, 0.3) is 0 Å². The number of rotatable bonds is 10. The third kappa shape index (κ3) is 6.23. The van der Waals surface area contributed by atoms with Crippen LogP contribution in [0.15, 0.2) is 0 Å². The highest BCUT2D eigenvalue weighted by atomic mass is 32.2. The lowest BCUT2D eigenvalue weighted by Crippen LogP contribution is -2.49. The van der Waals surface area contributed by atoms with Gasteiger partial charge in [0.1, 0.15) is 0 Å². The summed E-state index contributed by atoms with van der Waals surface area (Å²) < 4.78 is 47.4. The van der Waals surface area contributed by atoms with Gasteiger partial charge in [-0.05, 0) is 33.7 Å². The summed E-state index contributed by atoms with van der Waals surface area (Å²) in [4.78, 5) is 0. The van der Waals surface area contributed by atoms with Crippen molar-refractivity contribution in [2.24, 2.45) is 5.73 Å². The molecule has 0 spiro atoms. The summed E-state index contributed by atoms with van der Waals surface area (Å²) >= 11 is 0. The van der Waals surface area contributed by atoms with Crippen molar-refractivity contribution in [3.8, 4) is 0 Å². The van der Waals surface area contributed by atoms with Crippen molar-refractivity contribution in [2.45, 2.75) is 38.7 Å². The maximum absolute atomic E-state index is 11.0. The van der Waals surface area contributed by atoms with E-state index < -0.39 is 24.4 Å². The summed E-state index contributed by atoms with van der Waals surface area (Å²) in [5.41, 5.74) is 4.06. The van der Waals surface area contributed by atoms with E-state index in [0.717, 1.165) is 0 Å². The van der Waals surface area contributed by atoms with Crippen LogP contribution in [-0.2, 0) is 23.4 Å². The quantitative estimate of drug-likeness (QED) is 0.449. The standard InChI is InChI=1S/C9H23NO6SSi/c1-4-14-18(15-5-2,8-6-7-10)16-9(3)17(11,12)13/h9H,4-8,10H2,1-3H3,(H,11,12,13). The number of hydrogen-bond donors (Lipinski definition) is 2. The Morgan fingerprint density at radius 3 is 2.11 bits per heavy atom. The first kappa shape index (κ1) is 18.0. The van der Waals surface area contributed by atoms with Gasteiger partial charge in [-0.25, -0.2) is 0 Å². The summed E-state index contributed by atoms with van der Waals surface area (Å²) in [6.07, 6.45) is 0.602. The minimum absolute atomic E-state index is 0.342. The van der Waals surface area contributed by atoms with Gasteiger partial charge in [0.05, 0.1) is 0 Å². The first-order chi connectivity index (χ1) is 8.31. The Bertz CT molecular complexity index is 317. The summed E-state index contributed by atoms with van der Waals surface area (Å²) in [7, 11) is -7.38. The molecule has 0 aromatic carbocycles. The van der Waals surface area contributed by atoms with E-state index in [9.17, 15) is 8.42 Å². The molecular weight excluding hydrogens is 278 g/mol. The van der Waals surface area contributed by atoms with Crippen molar-refractivity contribution in [1.82, 2.24) is 0 Å². The first-order valence-corrected chi connectivity index (χ1v) is 9.37. The molecule has 9 heteroatoms. The van der Waals surface area contributed by atoms with Gasteiger partial charge in [0.2, 0.25) is 0 Å². The zero-order valence-electron chi connectivity index (χ0n) is 11.1. The third-order valence-corrected chi connectivity index (χ3v) is 6.42. The predicted molar refractivity (Wildman–Crippen MR) is 69.6 cm³/mol. The Labute approximate surface area is 110 Å². The molecule has 0 amide bonds. The maximum atomic E-state index is 11.0. The van der Waals surface area contributed by atoms with Crippen molar-refractivity contribution in [1.29, 1.82) is 0 Å². The molecule has 110 valence electrons. The average molecular weight is 301 g/mol. The van der Waals surface area contributed by atoms with Crippen LogP contribution in [0.3, 0.4) is 0 Å². The molecule has 0 aliphatic rings. The van der Waals surface area contributed by atoms with Crippen LogP contribution < -0.4 is 5.73 Å². The van der Waals surface area contributed by atoms with Crippen LogP contribution in [0.4, 0.5) is 0 Å². The van der Waals surface area contributed by atoms with Crippen molar-refractivity contribution < 1.29 is 26.2 Å². The average Bonchev–Trinajstić information content (AvgIpc) is 2.26. The summed E-state index contributed by atoms with van der Waals surface area (Å²) in [5, 5.41) is 0. The molecular formula is C9H23NO6SSi.